The molecule has 1 N–H and O–H groups in total. The highest BCUT2D eigenvalue weighted by Crippen LogP contribution is 2.28. The van der Waals surface area contributed by atoms with E-state index in [9.17, 15) is 4.79 Å². The van der Waals surface area contributed by atoms with Gasteiger partial charge >= 0.3 is 5.97 Å². The zero-order valence-electron chi connectivity index (χ0n) is 12.6. The van der Waals surface area contributed by atoms with Gasteiger partial charge < -0.3 is 10.0 Å². The van der Waals surface area contributed by atoms with Crippen molar-refractivity contribution in [3.63, 3.8) is 0 Å². The predicted molar refractivity (Wildman–Crippen MR) is 83.6 cm³/mol. The van der Waals surface area contributed by atoms with E-state index in [2.05, 4.69) is 4.90 Å². The number of carboxylic acids is 1. The molecule has 0 aromatic carbocycles. The SMILES string of the molecule is CN(CC(=O)O)C1CCN(CCC2CCCC2)CC1.Cl. The van der Waals surface area contributed by atoms with Crippen LogP contribution >= 0.6 is 12.4 Å². The Morgan fingerprint density at radius 2 is 1.80 bits per heavy atom. The summed E-state index contributed by atoms with van der Waals surface area (Å²) in [6.45, 7) is 3.70. The lowest BCUT2D eigenvalue weighted by Gasteiger charge is -2.36. The Labute approximate surface area is 128 Å². The molecule has 0 amide bonds. The molecule has 2 rings (SSSR count). The van der Waals surface area contributed by atoms with Gasteiger partial charge in [0.05, 0.1) is 6.54 Å². The van der Waals surface area contributed by atoms with Crippen LogP contribution in [0.15, 0.2) is 0 Å². The van der Waals surface area contributed by atoms with Gasteiger partial charge in [-0.25, -0.2) is 0 Å². The lowest BCUT2D eigenvalue weighted by atomic mass is 10.0. The molecule has 0 aromatic rings. The molecular formula is C15H29ClN2O2. The van der Waals surface area contributed by atoms with Crippen LogP contribution in [0.4, 0.5) is 0 Å². The third kappa shape index (κ3) is 5.58. The van der Waals surface area contributed by atoms with E-state index >= 15 is 0 Å². The fourth-order valence-corrected chi connectivity index (χ4v) is 3.59. The molecule has 0 atom stereocenters. The molecule has 118 valence electrons. The highest BCUT2D eigenvalue weighted by Gasteiger charge is 2.24. The average Bonchev–Trinajstić information content (AvgIpc) is 2.89. The first-order valence-electron chi connectivity index (χ1n) is 7.79. The molecule has 20 heavy (non-hydrogen) atoms. The van der Waals surface area contributed by atoms with Gasteiger partial charge in [-0.05, 0) is 51.9 Å². The monoisotopic (exact) mass is 304 g/mol. The van der Waals surface area contributed by atoms with Crippen molar-refractivity contribution in [2.24, 2.45) is 5.92 Å². The molecule has 1 aliphatic heterocycles. The smallest absolute Gasteiger partial charge is 0.317 e. The van der Waals surface area contributed by atoms with Crippen LogP contribution in [0.25, 0.3) is 0 Å². The minimum absolute atomic E-state index is 0. The van der Waals surface area contributed by atoms with E-state index in [1.54, 1.807) is 0 Å². The summed E-state index contributed by atoms with van der Waals surface area (Å²) in [6, 6.07) is 0.457. The summed E-state index contributed by atoms with van der Waals surface area (Å²) in [5.74, 6) is 0.263. The molecule has 0 aromatic heterocycles. The number of hydrogen-bond acceptors (Lipinski definition) is 3. The van der Waals surface area contributed by atoms with Crippen LogP contribution in [-0.4, -0.2) is 60.1 Å². The van der Waals surface area contributed by atoms with E-state index in [1.165, 1.54) is 38.6 Å². The summed E-state index contributed by atoms with van der Waals surface area (Å²) in [5, 5.41) is 8.82. The van der Waals surface area contributed by atoms with Crippen molar-refractivity contribution in [2.75, 3.05) is 33.2 Å². The van der Waals surface area contributed by atoms with Gasteiger partial charge in [0, 0.05) is 6.04 Å². The van der Waals surface area contributed by atoms with Crippen LogP contribution in [-0.2, 0) is 4.79 Å². The molecule has 1 aliphatic carbocycles. The molecule has 0 bridgehead atoms. The first-order valence-corrected chi connectivity index (χ1v) is 7.79. The Kier molecular flexibility index (Phi) is 7.85. The molecule has 1 saturated carbocycles. The van der Waals surface area contributed by atoms with Crippen molar-refractivity contribution in [3.8, 4) is 0 Å². The topological polar surface area (TPSA) is 43.8 Å². The number of rotatable bonds is 6. The third-order valence-corrected chi connectivity index (χ3v) is 4.89. The van der Waals surface area contributed by atoms with E-state index in [-0.39, 0.29) is 19.0 Å². The van der Waals surface area contributed by atoms with Gasteiger partial charge in [-0.15, -0.1) is 12.4 Å². The number of nitrogens with zero attached hydrogens (tertiary/aromatic N) is 2. The third-order valence-electron chi connectivity index (χ3n) is 4.89. The summed E-state index contributed by atoms with van der Waals surface area (Å²) in [7, 11) is 1.94. The normalized spacial score (nSPS) is 22.1. The van der Waals surface area contributed by atoms with Crippen LogP contribution in [0.3, 0.4) is 0 Å². The summed E-state index contributed by atoms with van der Waals surface area (Å²) in [5.41, 5.74) is 0. The summed E-state index contributed by atoms with van der Waals surface area (Å²) >= 11 is 0. The zero-order chi connectivity index (χ0) is 13.7. The largest absolute Gasteiger partial charge is 0.480 e. The van der Waals surface area contributed by atoms with Gasteiger partial charge in [0.1, 0.15) is 0 Å². The van der Waals surface area contributed by atoms with Gasteiger partial charge in [0.2, 0.25) is 0 Å². The molecule has 0 unspecified atom stereocenters. The molecule has 1 heterocycles. The number of likely N-dealkylation sites (tertiary alicyclic amines) is 1. The van der Waals surface area contributed by atoms with Crippen LogP contribution < -0.4 is 0 Å². The van der Waals surface area contributed by atoms with Gasteiger partial charge in [-0.3, -0.25) is 9.69 Å². The van der Waals surface area contributed by atoms with Crippen molar-refractivity contribution in [2.45, 2.75) is 51.0 Å². The molecule has 0 spiro atoms. The Bertz CT molecular complexity index is 288. The standard InChI is InChI=1S/C15H28N2O2.ClH/c1-16(12-15(18)19)14-7-10-17(11-8-14)9-6-13-4-2-3-5-13;/h13-14H,2-12H2,1H3,(H,18,19);1H. The number of likely N-dealkylation sites (N-methyl/N-ethyl adjacent to an activating group) is 1. The minimum Gasteiger partial charge on any atom is -0.480 e. The number of aliphatic carboxylic acids is 1. The fraction of sp³-hybridized carbons (Fsp3) is 0.933. The predicted octanol–water partition coefficient (Wildman–Crippen LogP) is 2.47. The Balaban J connectivity index is 0.00000200. The molecule has 1 saturated heterocycles. The van der Waals surface area contributed by atoms with Crippen LogP contribution in [0.5, 0.6) is 0 Å². The van der Waals surface area contributed by atoms with Gasteiger partial charge in [0.15, 0.2) is 0 Å². The van der Waals surface area contributed by atoms with Crippen molar-refractivity contribution in [3.05, 3.63) is 0 Å². The van der Waals surface area contributed by atoms with Gasteiger partial charge in [-0.2, -0.15) is 0 Å². The second-order valence-corrected chi connectivity index (χ2v) is 6.32. The summed E-state index contributed by atoms with van der Waals surface area (Å²) in [4.78, 5) is 15.3. The average molecular weight is 305 g/mol. The van der Waals surface area contributed by atoms with E-state index < -0.39 is 5.97 Å². The number of hydrogen-bond donors (Lipinski definition) is 1. The second kappa shape index (κ2) is 8.85. The zero-order valence-corrected chi connectivity index (χ0v) is 13.4. The molecular weight excluding hydrogens is 276 g/mol. The maximum atomic E-state index is 10.7. The number of carboxylic acid groups (broad SMARTS) is 1. The molecule has 5 heteroatoms. The second-order valence-electron chi connectivity index (χ2n) is 6.32. The Morgan fingerprint density at radius 3 is 2.35 bits per heavy atom. The first kappa shape index (κ1) is 17.7. The maximum absolute atomic E-state index is 10.7. The van der Waals surface area contributed by atoms with E-state index in [1.807, 2.05) is 11.9 Å². The van der Waals surface area contributed by atoms with Crippen molar-refractivity contribution < 1.29 is 9.90 Å². The lowest BCUT2D eigenvalue weighted by Crippen LogP contribution is -2.45. The summed E-state index contributed by atoms with van der Waals surface area (Å²) < 4.78 is 0. The minimum atomic E-state index is -0.717. The van der Waals surface area contributed by atoms with E-state index in [0.717, 1.165) is 31.8 Å². The van der Waals surface area contributed by atoms with Crippen molar-refractivity contribution in [1.82, 2.24) is 9.80 Å². The number of carbonyl (C=O) groups is 1. The van der Waals surface area contributed by atoms with E-state index in [0.29, 0.717) is 6.04 Å². The van der Waals surface area contributed by atoms with Crippen molar-refractivity contribution >= 4 is 18.4 Å². The Morgan fingerprint density at radius 1 is 1.20 bits per heavy atom. The molecule has 2 fully saturated rings. The molecule has 0 radical (unpaired) electrons. The lowest BCUT2D eigenvalue weighted by molar-refractivity contribution is -0.138. The highest BCUT2D eigenvalue weighted by molar-refractivity contribution is 5.85. The molecule has 2 aliphatic rings. The molecule has 4 nitrogen and oxygen atoms in total. The van der Waals surface area contributed by atoms with Crippen LogP contribution in [0.1, 0.15) is 44.9 Å². The van der Waals surface area contributed by atoms with Crippen LogP contribution in [0, 0.1) is 5.92 Å². The van der Waals surface area contributed by atoms with Gasteiger partial charge in [-0.1, -0.05) is 25.7 Å². The number of piperidine rings is 1. The van der Waals surface area contributed by atoms with E-state index in [4.69, 9.17) is 5.11 Å². The fourth-order valence-electron chi connectivity index (χ4n) is 3.59. The Hall–Kier alpha value is -0.320. The van der Waals surface area contributed by atoms with Crippen molar-refractivity contribution in [1.29, 1.82) is 0 Å². The quantitative estimate of drug-likeness (QED) is 0.819. The maximum Gasteiger partial charge on any atom is 0.317 e. The van der Waals surface area contributed by atoms with Gasteiger partial charge in [0.25, 0.3) is 0 Å². The summed E-state index contributed by atoms with van der Waals surface area (Å²) in [6.07, 6.45) is 9.37. The number of halogens is 1. The first-order chi connectivity index (χ1) is 9.15. The van der Waals surface area contributed by atoms with Crippen LogP contribution in [0.2, 0.25) is 0 Å². The highest BCUT2D eigenvalue weighted by atomic mass is 35.5.